The Morgan fingerprint density at radius 3 is 3.45 bits per heavy atom. The Morgan fingerprint density at radius 1 is 1.73 bits per heavy atom. The van der Waals surface area contributed by atoms with Crippen LogP contribution in [-0.4, -0.2) is 24.2 Å². The number of hydrogen-bond donors (Lipinski definition) is 3. The van der Waals surface area contributed by atoms with Crippen molar-refractivity contribution in [1.82, 2.24) is 4.98 Å². The van der Waals surface area contributed by atoms with Crippen LogP contribution in [0.15, 0.2) is 12.3 Å². The second-order valence-electron chi connectivity index (χ2n) is 2.58. The highest BCUT2D eigenvalue weighted by Crippen LogP contribution is 2.25. The van der Waals surface area contributed by atoms with Crippen molar-refractivity contribution < 1.29 is 4.74 Å². The van der Waals surface area contributed by atoms with Gasteiger partial charge in [-0.2, -0.15) is 0 Å². The molecule has 0 saturated heterocycles. The highest BCUT2D eigenvalue weighted by atomic mass is 16.5. The molecular weight excluding hydrogens is 142 g/mol. The van der Waals surface area contributed by atoms with E-state index >= 15 is 0 Å². The van der Waals surface area contributed by atoms with E-state index in [0.717, 1.165) is 18.1 Å². The SMILES string of the molecule is NCC1CNc2cc[nH]c2O1. The van der Waals surface area contributed by atoms with Crippen molar-refractivity contribution in [3.8, 4) is 5.88 Å². The summed E-state index contributed by atoms with van der Waals surface area (Å²) in [5.74, 6) is 0.798. The first-order chi connectivity index (χ1) is 5.40. The lowest BCUT2D eigenvalue weighted by molar-refractivity contribution is 0.206. The van der Waals surface area contributed by atoms with Gasteiger partial charge < -0.3 is 20.8 Å². The first kappa shape index (κ1) is 6.54. The van der Waals surface area contributed by atoms with Crippen LogP contribution in [0.3, 0.4) is 0 Å². The van der Waals surface area contributed by atoms with Crippen LogP contribution in [0, 0.1) is 0 Å². The third-order valence-electron chi connectivity index (χ3n) is 1.78. The number of hydrogen-bond acceptors (Lipinski definition) is 3. The summed E-state index contributed by atoms with van der Waals surface area (Å²) < 4.78 is 5.48. The van der Waals surface area contributed by atoms with Crippen molar-refractivity contribution in [3.05, 3.63) is 12.3 Å². The molecule has 1 aliphatic heterocycles. The van der Waals surface area contributed by atoms with E-state index in [0.29, 0.717) is 6.54 Å². The Balaban J connectivity index is 2.18. The molecule has 1 aliphatic rings. The van der Waals surface area contributed by atoms with Gasteiger partial charge in [0.05, 0.1) is 12.2 Å². The van der Waals surface area contributed by atoms with Gasteiger partial charge in [-0.3, -0.25) is 0 Å². The molecule has 1 atom stereocenters. The number of fused-ring (bicyclic) bond motifs is 1. The third kappa shape index (κ3) is 1.05. The Kier molecular flexibility index (Phi) is 1.47. The van der Waals surface area contributed by atoms with Crippen LogP contribution in [0.1, 0.15) is 0 Å². The largest absolute Gasteiger partial charge is 0.471 e. The van der Waals surface area contributed by atoms with E-state index in [1.165, 1.54) is 0 Å². The topological polar surface area (TPSA) is 63.1 Å². The van der Waals surface area contributed by atoms with Crippen LogP contribution in [0.25, 0.3) is 0 Å². The fourth-order valence-corrected chi connectivity index (χ4v) is 1.15. The average molecular weight is 153 g/mol. The minimum atomic E-state index is 0.0983. The maximum atomic E-state index is 5.48. The van der Waals surface area contributed by atoms with Gasteiger partial charge in [0.15, 0.2) is 0 Å². The first-order valence-electron chi connectivity index (χ1n) is 3.68. The summed E-state index contributed by atoms with van der Waals surface area (Å²) in [5, 5.41) is 3.21. The minimum absolute atomic E-state index is 0.0983. The Morgan fingerprint density at radius 2 is 2.64 bits per heavy atom. The zero-order valence-corrected chi connectivity index (χ0v) is 6.13. The lowest BCUT2D eigenvalue weighted by Gasteiger charge is -2.23. The maximum Gasteiger partial charge on any atom is 0.215 e. The second-order valence-corrected chi connectivity index (χ2v) is 2.58. The molecule has 0 spiro atoms. The molecule has 2 rings (SSSR count). The predicted molar refractivity (Wildman–Crippen MR) is 42.8 cm³/mol. The van der Waals surface area contributed by atoms with Crippen molar-refractivity contribution in [2.24, 2.45) is 5.73 Å². The van der Waals surface area contributed by atoms with Gasteiger partial charge in [-0.15, -0.1) is 0 Å². The fourth-order valence-electron chi connectivity index (χ4n) is 1.15. The number of rotatable bonds is 1. The van der Waals surface area contributed by atoms with Crippen LogP contribution in [0.4, 0.5) is 5.69 Å². The summed E-state index contributed by atoms with van der Waals surface area (Å²) in [6.45, 7) is 1.34. The van der Waals surface area contributed by atoms with E-state index in [9.17, 15) is 0 Å². The Bertz CT molecular complexity index is 246. The van der Waals surface area contributed by atoms with Crippen LogP contribution >= 0.6 is 0 Å². The molecule has 0 saturated carbocycles. The van der Waals surface area contributed by atoms with Gasteiger partial charge >= 0.3 is 0 Å². The quantitative estimate of drug-likeness (QED) is 0.538. The Labute approximate surface area is 64.7 Å². The molecule has 1 aromatic heterocycles. The van der Waals surface area contributed by atoms with Crippen molar-refractivity contribution in [2.75, 3.05) is 18.4 Å². The molecule has 2 heterocycles. The van der Waals surface area contributed by atoms with Gasteiger partial charge in [0.2, 0.25) is 5.88 Å². The summed E-state index contributed by atoms with van der Waals surface area (Å²) in [7, 11) is 0. The fraction of sp³-hybridized carbons (Fsp3) is 0.429. The first-order valence-corrected chi connectivity index (χ1v) is 3.68. The van der Waals surface area contributed by atoms with E-state index in [-0.39, 0.29) is 6.10 Å². The summed E-state index contributed by atoms with van der Waals surface area (Å²) >= 11 is 0. The molecule has 1 aromatic rings. The minimum Gasteiger partial charge on any atom is -0.471 e. The van der Waals surface area contributed by atoms with E-state index < -0.39 is 0 Å². The van der Waals surface area contributed by atoms with E-state index in [1.807, 2.05) is 12.3 Å². The number of H-pyrrole nitrogens is 1. The molecule has 0 bridgehead atoms. The normalized spacial score (nSPS) is 21.7. The molecule has 4 N–H and O–H groups in total. The molecule has 4 nitrogen and oxygen atoms in total. The number of nitrogens with one attached hydrogen (secondary N) is 2. The number of aromatic amines is 1. The average Bonchev–Trinajstić information content (AvgIpc) is 2.50. The summed E-state index contributed by atoms with van der Waals surface area (Å²) in [6.07, 6.45) is 1.94. The van der Waals surface area contributed by atoms with Crippen molar-refractivity contribution in [3.63, 3.8) is 0 Å². The summed E-state index contributed by atoms with van der Waals surface area (Å²) in [5.41, 5.74) is 6.47. The van der Waals surface area contributed by atoms with Crippen LogP contribution in [-0.2, 0) is 0 Å². The van der Waals surface area contributed by atoms with Gasteiger partial charge in [0.25, 0.3) is 0 Å². The third-order valence-corrected chi connectivity index (χ3v) is 1.78. The van der Waals surface area contributed by atoms with E-state index in [4.69, 9.17) is 10.5 Å². The zero-order valence-electron chi connectivity index (χ0n) is 6.13. The van der Waals surface area contributed by atoms with Crippen molar-refractivity contribution in [1.29, 1.82) is 0 Å². The lowest BCUT2D eigenvalue weighted by Crippen LogP contribution is -2.36. The van der Waals surface area contributed by atoms with Crippen LogP contribution in [0.5, 0.6) is 5.88 Å². The number of nitrogens with two attached hydrogens (primary N) is 1. The zero-order chi connectivity index (χ0) is 7.68. The summed E-state index contributed by atoms with van der Waals surface area (Å²) in [4.78, 5) is 2.98. The summed E-state index contributed by atoms with van der Waals surface area (Å²) in [6, 6.07) is 1.95. The standard InChI is InChI=1S/C7H11N3O/c8-3-5-4-10-6-1-2-9-7(6)11-5/h1-2,5,9-10H,3-4,8H2. The smallest absolute Gasteiger partial charge is 0.215 e. The molecule has 0 fully saturated rings. The highest BCUT2D eigenvalue weighted by molar-refractivity contribution is 5.54. The highest BCUT2D eigenvalue weighted by Gasteiger charge is 2.17. The van der Waals surface area contributed by atoms with Crippen molar-refractivity contribution in [2.45, 2.75) is 6.10 Å². The van der Waals surface area contributed by atoms with Crippen LogP contribution in [0.2, 0.25) is 0 Å². The maximum absolute atomic E-state index is 5.48. The molecule has 0 amide bonds. The number of aromatic nitrogens is 1. The van der Waals surface area contributed by atoms with Gasteiger partial charge in [0, 0.05) is 12.7 Å². The van der Waals surface area contributed by atoms with Gasteiger partial charge in [-0.1, -0.05) is 0 Å². The Hall–Kier alpha value is -1.16. The van der Waals surface area contributed by atoms with Gasteiger partial charge in [0.1, 0.15) is 6.10 Å². The van der Waals surface area contributed by atoms with E-state index in [1.54, 1.807) is 0 Å². The molecule has 0 radical (unpaired) electrons. The van der Waals surface area contributed by atoms with Gasteiger partial charge in [-0.05, 0) is 6.07 Å². The molecule has 11 heavy (non-hydrogen) atoms. The predicted octanol–water partition coefficient (Wildman–Crippen LogP) is 0.146. The lowest BCUT2D eigenvalue weighted by atomic mass is 10.3. The van der Waals surface area contributed by atoms with E-state index in [2.05, 4.69) is 10.3 Å². The monoisotopic (exact) mass is 153 g/mol. The second kappa shape index (κ2) is 2.47. The number of anilines is 1. The molecule has 1 unspecified atom stereocenters. The molecule has 4 heteroatoms. The molecular formula is C7H11N3O. The van der Waals surface area contributed by atoms with Gasteiger partial charge in [-0.25, -0.2) is 0 Å². The number of ether oxygens (including phenoxy) is 1. The molecule has 60 valence electrons. The van der Waals surface area contributed by atoms with Crippen LogP contribution < -0.4 is 15.8 Å². The molecule has 0 aromatic carbocycles. The molecule has 0 aliphatic carbocycles. The van der Waals surface area contributed by atoms with Crippen molar-refractivity contribution >= 4 is 5.69 Å².